The largest absolute Gasteiger partial charge is 0.384 e. The van der Waals surface area contributed by atoms with E-state index in [4.69, 9.17) is 34.2 Å². The van der Waals surface area contributed by atoms with Gasteiger partial charge in [0.15, 0.2) is 0 Å². The second-order valence-electron chi connectivity index (χ2n) is 5.45. The average Bonchev–Trinajstić information content (AvgIpc) is 2.93. The number of fused-ring (bicyclic) bond motifs is 1. The first-order chi connectivity index (χ1) is 11.3. The van der Waals surface area contributed by atoms with Gasteiger partial charge in [0.05, 0.1) is 41.0 Å². The molecule has 1 amide bonds. The van der Waals surface area contributed by atoms with Crippen molar-refractivity contribution in [1.29, 1.82) is 5.26 Å². The molecule has 4 N–H and O–H groups in total. The van der Waals surface area contributed by atoms with E-state index >= 15 is 0 Å². The van der Waals surface area contributed by atoms with Crippen molar-refractivity contribution in [2.45, 2.75) is 25.5 Å². The van der Waals surface area contributed by atoms with Gasteiger partial charge in [-0.1, -0.05) is 23.2 Å². The Balaban J connectivity index is 2.23. The molecule has 2 heterocycles. The number of nitrogens with zero attached hydrogens (tertiary/aromatic N) is 3. The lowest BCUT2D eigenvalue weighted by Crippen LogP contribution is -2.36. The molecule has 9 heteroatoms. The van der Waals surface area contributed by atoms with Crippen LogP contribution in [0.15, 0.2) is 12.1 Å². The number of nitrogens with two attached hydrogens (primary N) is 1. The fraction of sp³-hybridized carbons (Fsp3) is 0.267. The van der Waals surface area contributed by atoms with Gasteiger partial charge in [0.2, 0.25) is 5.60 Å². The molecule has 0 bridgehead atoms. The monoisotopic (exact) mass is 365 g/mol. The van der Waals surface area contributed by atoms with Gasteiger partial charge in [-0.15, -0.1) is 0 Å². The number of nitriles is 1. The Morgan fingerprint density at radius 3 is 2.88 bits per heavy atom. The zero-order chi connectivity index (χ0) is 17.6. The van der Waals surface area contributed by atoms with Gasteiger partial charge in [-0.05, 0) is 19.1 Å². The van der Waals surface area contributed by atoms with E-state index in [1.165, 1.54) is 16.8 Å². The van der Waals surface area contributed by atoms with Crippen molar-refractivity contribution in [3.63, 3.8) is 0 Å². The summed E-state index contributed by atoms with van der Waals surface area (Å²) in [6.45, 7) is 1.88. The molecule has 0 saturated carbocycles. The quantitative estimate of drug-likeness (QED) is 0.770. The lowest BCUT2D eigenvalue weighted by Gasteiger charge is -2.21. The van der Waals surface area contributed by atoms with Crippen LogP contribution in [0.4, 0.5) is 11.5 Å². The van der Waals surface area contributed by atoms with Crippen LogP contribution in [0.1, 0.15) is 23.2 Å². The molecule has 3 rings (SSSR count). The summed E-state index contributed by atoms with van der Waals surface area (Å²) in [5, 5.41) is 27.2. The molecule has 0 unspecified atom stereocenters. The van der Waals surface area contributed by atoms with Crippen LogP contribution in [0.5, 0.6) is 0 Å². The Morgan fingerprint density at radius 2 is 2.21 bits per heavy atom. The summed E-state index contributed by atoms with van der Waals surface area (Å²) in [6.07, 6.45) is 0.198. The third kappa shape index (κ3) is 2.23. The van der Waals surface area contributed by atoms with Crippen molar-refractivity contribution in [3.8, 4) is 6.07 Å². The Labute approximate surface area is 147 Å². The van der Waals surface area contributed by atoms with Gasteiger partial charge in [0, 0.05) is 10.6 Å². The highest BCUT2D eigenvalue weighted by Crippen LogP contribution is 2.47. The number of nitrogen functional groups attached to an aromatic ring is 1. The highest BCUT2D eigenvalue weighted by Gasteiger charge is 2.51. The van der Waals surface area contributed by atoms with E-state index in [9.17, 15) is 9.90 Å². The van der Waals surface area contributed by atoms with Crippen molar-refractivity contribution in [3.05, 3.63) is 39.0 Å². The number of rotatable bonds is 3. The van der Waals surface area contributed by atoms with Crippen molar-refractivity contribution < 1.29 is 9.90 Å². The van der Waals surface area contributed by atoms with Crippen molar-refractivity contribution >= 4 is 40.6 Å². The Morgan fingerprint density at radius 1 is 1.50 bits per heavy atom. The van der Waals surface area contributed by atoms with E-state index in [0.717, 1.165) is 0 Å². The average molecular weight is 366 g/mol. The minimum absolute atomic E-state index is 0.115. The Hall–Kier alpha value is -2.27. The number of hydrogen-bond donors (Lipinski definition) is 3. The van der Waals surface area contributed by atoms with Gasteiger partial charge >= 0.3 is 0 Å². The van der Waals surface area contributed by atoms with E-state index in [1.54, 1.807) is 6.92 Å². The van der Waals surface area contributed by atoms with E-state index in [0.29, 0.717) is 5.69 Å². The number of carbonyl (C=O) groups excluding carboxylic acids is 1. The molecule has 7 nitrogen and oxygen atoms in total. The number of benzene rings is 1. The van der Waals surface area contributed by atoms with Crippen LogP contribution in [0, 0.1) is 18.3 Å². The molecule has 1 aliphatic rings. The predicted molar refractivity (Wildman–Crippen MR) is 89.7 cm³/mol. The predicted octanol–water partition coefficient (Wildman–Crippen LogP) is 2.18. The number of aryl methyl sites for hydroxylation is 2. The number of hydrogen-bond acceptors (Lipinski definition) is 5. The maximum Gasteiger partial charge on any atom is 0.266 e. The summed E-state index contributed by atoms with van der Waals surface area (Å²) in [6, 6.07) is 4.93. The van der Waals surface area contributed by atoms with Crippen LogP contribution >= 0.6 is 23.2 Å². The molecule has 0 saturated heterocycles. The highest BCUT2D eigenvalue weighted by molar-refractivity contribution is 6.38. The van der Waals surface area contributed by atoms with Gasteiger partial charge in [0.25, 0.3) is 5.91 Å². The van der Waals surface area contributed by atoms with Crippen molar-refractivity contribution in [2.75, 3.05) is 11.1 Å². The highest BCUT2D eigenvalue weighted by atomic mass is 35.5. The molecule has 1 aromatic heterocycles. The fourth-order valence-electron chi connectivity index (χ4n) is 2.93. The zero-order valence-electron chi connectivity index (χ0n) is 12.6. The van der Waals surface area contributed by atoms with Gasteiger partial charge < -0.3 is 16.2 Å². The van der Waals surface area contributed by atoms with Gasteiger partial charge in [-0.3, -0.25) is 4.79 Å². The lowest BCUT2D eigenvalue weighted by atomic mass is 9.87. The van der Waals surface area contributed by atoms with E-state index in [2.05, 4.69) is 10.4 Å². The number of carbonyl (C=O) groups is 1. The number of halogens is 2. The molecule has 0 spiro atoms. The maximum absolute atomic E-state index is 12.5. The van der Waals surface area contributed by atoms with Crippen LogP contribution in [0.2, 0.25) is 10.0 Å². The van der Waals surface area contributed by atoms with E-state index in [1.807, 2.05) is 6.07 Å². The van der Waals surface area contributed by atoms with Crippen molar-refractivity contribution in [2.24, 2.45) is 0 Å². The summed E-state index contributed by atoms with van der Waals surface area (Å²) in [5.74, 6) is -0.569. The number of aromatic nitrogens is 2. The molecule has 1 aliphatic heterocycles. The topological polar surface area (TPSA) is 117 Å². The van der Waals surface area contributed by atoms with Gasteiger partial charge in [-0.25, -0.2) is 4.68 Å². The molecule has 1 atom stereocenters. The standard InChI is InChI=1S/C15H13Cl2N5O2/c1-7-11(13(19)22(21-7)4-2-3-18)15(24)9-5-8(16)6-10(17)12(9)20-14(15)23/h5-6,24H,2,4,19H2,1H3,(H,20,23)/t15-/m0/s1. The Kier molecular flexibility index (Phi) is 3.92. The first-order valence-electron chi connectivity index (χ1n) is 7.04. The summed E-state index contributed by atoms with van der Waals surface area (Å²) in [5.41, 5.74) is 5.09. The van der Waals surface area contributed by atoms with Crippen LogP contribution in [0.3, 0.4) is 0 Å². The van der Waals surface area contributed by atoms with E-state index in [-0.39, 0.29) is 45.6 Å². The molecule has 124 valence electrons. The lowest BCUT2D eigenvalue weighted by molar-refractivity contribution is -0.129. The minimum atomic E-state index is -2.05. The molecule has 1 aromatic carbocycles. The Bertz CT molecular complexity index is 902. The van der Waals surface area contributed by atoms with Gasteiger partial charge in [0.1, 0.15) is 5.82 Å². The third-order valence-electron chi connectivity index (χ3n) is 3.98. The smallest absolute Gasteiger partial charge is 0.266 e. The number of amides is 1. The molecule has 0 aliphatic carbocycles. The van der Waals surface area contributed by atoms with Crippen LogP contribution in [-0.2, 0) is 16.9 Å². The molecule has 0 radical (unpaired) electrons. The third-order valence-corrected chi connectivity index (χ3v) is 4.49. The first-order valence-corrected chi connectivity index (χ1v) is 7.80. The molecule has 24 heavy (non-hydrogen) atoms. The summed E-state index contributed by atoms with van der Waals surface area (Å²) < 4.78 is 1.39. The summed E-state index contributed by atoms with van der Waals surface area (Å²) in [7, 11) is 0. The molecule has 2 aromatic rings. The van der Waals surface area contributed by atoms with E-state index < -0.39 is 11.5 Å². The minimum Gasteiger partial charge on any atom is -0.384 e. The van der Waals surface area contributed by atoms with Gasteiger partial charge in [-0.2, -0.15) is 10.4 Å². The summed E-state index contributed by atoms with van der Waals surface area (Å²) in [4.78, 5) is 12.5. The second kappa shape index (κ2) is 5.67. The van der Waals surface area contributed by atoms with Crippen molar-refractivity contribution in [1.82, 2.24) is 9.78 Å². The fourth-order valence-corrected chi connectivity index (χ4v) is 3.47. The van der Waals surface area contributed by atoms with Crippen LogP contribution in [-0.4, -0.2) is 20.8 Å². The summed E-state index contributed by atoms with van der Waals surface area (Å²) >= 11 is 12.1. The zero-order valence-corrected chi connectivity index (χ0v) is 14.1. The number of anilines is 2. The number of aliphatic hydroxyl groups is 1. The second-order valence-corrected chi connectivity index (χ2v) is 6.30. The van der Waals surface area contributed by atoms with Crippen LogP contribution < -0.4 is 11.1 Å². The first kappa shape index (κ1) is 16.6. The van der Waals surface area contributed by atoms with Crippen LogP contribution in [0.25, 0.3) is 0 Å². The molecule has 0 fully saturated rings. The normalized spacial score (nSPS) is 19.0. The maximum atomic E-state index is 12.5. The number of nitrogens with one attached hydrogen (secondary N) is 1. The molecular formula is C15H13Cl2N5O2. The SMILES string of the molecule is Cc1nn(CCC#N)c(N)c1[C@]1(O)C(=O)Nc2c(Cl)cc(Cl)cc21. The molecular weight excluding hydrogens is 353 g/mol.